The van der Waals surface area contributed by atoms with E-state index in [1.807, 2.05) is 0 Å². The van der Waals surface area contributed by atoms with Crippen molar-refractivity contribution in [1.82, 2.24) is 4.31 Å². The number of nitrogens with two attached hydrogens (primary N) is 1. The van der Waals surface area contributed by atoms with Crippen LogP contribution < -0.4 is 5.73 Å². The summed E-state index contributed by atoms with van der Waals surface area (Å²) in [7, 11) is -3.40. The third-order valence-corrected chi connectivity index (χ3v) is 4.39. The minimum atomic E-state index is -3.40. The van der Waals surface area contributed by atoms with Gasteiger partial charge in [-0.15, -0.1) is 0 Å². The average molecular weight is 236 g/mol. The molecule has 1 aliphatic rings. The average Bonchev–Trinajstić information content (AvgIpc) is 2.63. The summed E-state index contributed by atoms with van der Waals surface area (Å²) in [5.41, 5.74) is 5.45. The van der Waals surface area contributed by atoms with Crippen molar-refractivity contribution in [3.05, 3.63) is 0 Å². The molecule has 6 nitrogen and oxygen atoms in total. The van der Waals surface area contributed by atoms with Crippen molar-refractivity contribution in [1.29, 1.82) is 0 Å². The van der Waals surface area contributed by atoms with Crippen molar-refractivity contribution in [2.45, 2.75) is 12.8 Å². The van der Waals surface area contributed by atoms with E-state index in [9.17, 15) is 13.2 Å². The highest BCUT2D eigenvalue weighted by molar-refractivity contribution is 7.89. The van der Waals surface area contributed by atoms with Gasteiger partial charge in [0.05, 0.1) is 12.2 Å². The van der Waals surface area contributed by atoms with Gasteiger partial charge < -0.3 is 10.8 Å². The molecule has 1 heterocycles. The van der Waals surface area contributed by atoms with Crippen LogP contribution in [0.4, 0.5) is 0 Å². The number of carboxylic acids is 1. The van der Waals surface area contributed by atoms with Crippen LogP contribution in [-0.4, -0.2) is 49.2 Å². The first-order valence-corrected chi connectivity index (χ1v) is 6.46. The van der Waals surface area contributed by atoms with Gasteiger partial charge in [0.2, 0.25) is 10.0 Å². The lowest BCUT2D eigenvalue weighted by Gasteiger charge is -2.15. The van der Waals surface area contributed by atoms with Gasteiger partial charge >= 0.3 is 5.97 Å². The molecule has 15 heavy (non-hydrogen) atoms. The first kappa shape index (κ1) is 12.4. The topological polar surface area (TPSA) is 101 Å². The highest BCUT2D eigenvalue weighted by atomic mass is 32.2. The van der Waals surface area contributed by atoms with Crippen molar-refractivity contribution in [3.8, 4) is 0 Å². The lowest BCUT2D eigenvalue weighted by atomic mass is 10.1. The molecule has 1 unspecified atom stereocenters. The van der Waals surface area contributed by atoms with Crippen LogP contribution in [0, 0.1) is 5.92 Å². The van der Waals surface area contributed by atoms with E-state index in [1.54, 1.807) is 0 Å². The van der Waals surface area contributed by atoms with Crippen LogP contribution in [0.1, 0.15) is 12.8 Å². The Bertz CT molecular complexity index is 328. The molecule has 88 valence electrons. The molecule has 1 aliphatic heterocycles. The third kappa shape index (κ3) is 3.44. The fraction of sp³-hybridized carbons (Fsp3) is 0.875. The summed E-state index contributed by atoms with van der Waals surface area (Å²) in [6.07, 6.45) is 0.426. The van der Waals surface area contributed by atoms with Gasteiger partial charge in [-0.1, -0.05) is 0 Å². The quantitative estimate of drug-likeness (QED) is 0.642. The minimum Gasteiger partial charge on any atom is -0.481 e. The Hall–Kier alpha value is -0.660. The first-order chi connectivity index (χ1) is 6.95. The molecule has 0 aliphatic carbocycles. The van der Waals surface area contributed by atoms with Crippen molar-refractivity contribution in [2.24, 2.45) is 11.7 Å². The molecule has 1 fully saturated rings. The third-order valence-electron chi connectivity index (χ3n) is 2.55. The molecular formula is C8H16N2O4S. The molecule has 0 spiro atoms. The largest absolute Gasteiger partial charge is 0.481 e. The Morgan fingerprint density at radius 2 is 2.20 bits per heavy atom. The number of hydrogen-bond donors (Lipinski definition) is 2. The van der Waals surface area contributed by atoms with Crippen LogP contribution in [0.15, 0.2) is 0 Å². The van der Waals surface area contributed by atoms with Crippen LogP contribution in [0.25, 0.3) is 0 Å². The molecule has 3 N–H and O–H groups in total. The fourth-order valence-electron chi connectivity index (χ4n) is 1.59. The first-order valence-electron chi connectivity index (χ1n) is 4.85. The van der Waals surface area contributed by atoms with E-state index in [4.69, 9.17) is 10.8 Å². The summed E-state index contributed by atoms with van der Waals surface area (Å²) in [4.78, 5) is 10.3. The normalized spacial score (nSPS) is 23.1. The predicted octanol–water partition coefficient (Wildman–Crippen LogP) is -0.928. The van der Waals surface area contributed by atoms with E-state index >= 15 is 0 Å². The summed E-state index contributed by atoms with van der Waals surface area (Å²) >= 11 is 0. The van der Waals surface area contributed by atoms with Gasteiger partial charge in [0.25, 0.3) is 0 Å². The van der Waals surface area contributed by atoms with Gasteiger partial charge in [0.15, 0.2) is 0 Å². The Labute approximate surface area is 89.1 Å². The van der Waals surface area contributed by atoms with Crippen LogP contribution in [0.3, 0.4) is 0 Å². The van der Waals surface area contributed by atoms with E-state index in [-0.39, 0.29) is 18.1 Å². The maximum atomic E-state index is 11.6. The maximum Gasteiger partial charge on any atom is 0.304 e. The molecule has 0 aromatic carbocycles. The zero-order valence-electron chi connectivity index (χ0n) is 8.42. The van der Waals surface area contributed by atoms with Crippen LogP contribution in [-0.2, 0) is 14.8 Å². The number of sulfonamides is 1. The highest BCUT2D eigenvalue weighted by Crippen LogP contribution is 2.18. The fourth-order valence-corrected chi connectivity index (χ4v) is 3.10. The van der Waals surface area contributed by atoms with Crippen LogP contribution >= 0.6 is 0 Å². The molecule has 0 amide bonds. The van der Waals surface area contributed by atoms with Crippen molar-refractivity contribution >= 4 is 16.0 Å². The van der Waals surface area contributed by atoms with Gasteiger partial charge in [0.1, 0.15) is 0 Å². The number of aliphatic carboxylic acids is 1. The van der Waals surface area contributed by atoms with Gasteiger partial charge in [-0.3, -0.25) is 4.79 Å². The van der Waals surface area contributed by atoms with Crippen LogP contribution in [0.5, 0.6) is 0 Å². The van der Waals surface area contributed by atoms with E-state index < -0.39 is 16.0 Å². The summed E-state index contributed by atoms with van der Waals surface area (Å²) in [5, 5.41) is 8.41. The van der Waals surface area contributed by atoms with Gasteiger partial charge in [-0.2, -0.15) is 0 Å². The second-order valence-corrected chi connectivity index (χ2v) is 5.80. The van der Waals surface area contributed by atoms with Gasteiger partial charge in [-0.25, -0.2) is 12.7 Å². The Morgan fingerprint density at radius 3 is 2.67 bits per heavy atom. The monoisotopic (exact) mass is 236 g/mol. The molecule has 1 rings (SSSR count). The molecule has 1 saturated heterocycles. The lowest BCUT2D eigenvalue weighted by Crippen LogP contribution is -2.32. The van der Waals surface area contributed by atoms with E-state index in [2.05, 4.69) is 0 Å². The number of nitrogens with zero attached hydrogens (tertiary/aromatic N) is 1. The highest BCUT2D eigenvalue weighted by Gasteiger charge is 2.30. The smallest absolute Gasteiger partial charge is 0.304 e. The molecule has 0 radical (unpaired) electrons. The zero-order valence-corrected chi connectivity index (χ0v) is 9.24. The summed E-state index contributed by atoms with van der Waals surface area (Å²) in [6, 6.07) is 0. The summed E-state index contributed by atoms with van der Waals surface area (Å²) in [5.74, 6) is -1.20. The van der Waals surface area contributed by atoms with E-state index in [1.165, 1.54) is 4.31 Å². The lowest BCUT2D eigenvalue weighted by molar-refractivity contribution is -0.136. The Kier molecular flexibility index (Phi) is 4.06. The molecule has 0 aromatic rings. The SMILES string of the molecule is NCC1CCN(S(=O)(=O)CCC(=O)O)C1. The second-order valence-electron chi connectivity index (χ2n) is 3.71. The molecular weight excluding hydrogens is 220 g/mol. The standard InChI is InChI=1S/C8H16N2O4S/c9-5-7-1-3-10(6-7)15(13,14)4-2-8(11)12/h7H,1-6,9H2,(H,11,12). The Morgan fingerprint density at radius 1 is 1.53 bits per heavy atom. The summed E-state index contributed by atoms with van der Waals surface area (Å²) < 4.78 is 24.6. The van der Waals surface area contributed by atoms with Crippen molar-refractivity contribution in [2.75, 3.05) is 25.4 Å². The van der Waals surface area contributed by atoms with E-state index in [0.717, 1.165) is 6.42 Å². The maximum absolute atomic E-state index is 11.6. The van der Waals surface area contributed by atoms with Crippen molar-refractivity contribution < 1.29 is 18.3 Å². The molecule has 1 atom stereocenters. The molecule has 0 aromatic heterocycles. The summed E-state index contributed by atoms with van der Waals surface area (Å²) in [6.45, 7) is 1.37. The Balaban J connectivity index is 2.52. The van der Waals surface area contributed by atoms with Crippen LogP contribution in [0.2, 0.25) is 0 Å². The zero-order chi connectivity index (χ0) is 11.5. The minimum absolute atomic E-state index is 0.213. The molecule has 0 bridgehead atoms. The van der Waals surface area contributed by atoms with E-state index in [0.29, 0.717) is 19.6 Å². The number of carbonyl (C=O) groups is 1. The molecule has 0 saturated carbocycles. The number of carboxylic acid groups (broad SMARTS) is 1. The number of rotatable bonds is 5. The van der Waals surface area contributed by atoms with Crippen molar-refractivity contribution in [3.63, 3.8) is 0 Å². The predicted molar refractivity (Wildman–Crippen MR) is 54.8 cm³/mol. The molecule has 7 heteroatoms. The van der Waals surface area contributed by atoms with Gasteiger partial charge in [-0.05, 0) is 18.9 Å². The van der Waals surface area contributed by atoms with Gasteiger partial charge in [0, 0.05) is 13.1 Å². The number of hydrogen-bond acceptors (Lipinski definition) is 4. The second kappa shape index (κ2) is 4.91.